The summed E-state index contributed by atoms with van der Waals surface area (Å²) >= 11 is 0. The van der Waals surface area contributed by atoms with Gasteiger partial charge in [-0.2, -0.15) is 0 Å². The molecule has 0 aromatic heterocycles. The highest BCUT2D eigenvalue weighted by Gasteiger charge is 2.28. The van der Waals surface area contributed by atoms with Crippen molar-refractivity contribution < 1.29 is 14.3 Å². The maximum atomic E-state index is 12.6. The quantitative estimate of drug-likeness (QED) is 0.156. The van der Waals surface area contributed by atoms with E-state index in [1.54, 1.807) is 24.3 Å². The lowest BCUT2D eigenvalue weighted by Crippen LogP contribution is -2.25. The second kappa shape index (κ2) is 8.97. The maximum Gasteiger partial charge on any atom is 0.314 e. The molecule has 1 fully saturated rings. The smallest absolute Gasteiger partial charge is 0.314 e. The van der Waals surface area contributed by atoms with Gasteiger partial charge in [-0.25, -0.2) is 4.85 Å². The minimum absolute atomic E-state index is 0.104. The Bertz CT molecular complexity index is 1180. The van der Waals surface area contributed by atoms with Gasteiger partial charge in [0.25, 0.3) is 0 Å². The molecule has 0 unspecified atom stereocenters. The molecule has 4 rings (SSSR count). The fourth-order valence-electron chi connectivity index (χ4n) is 4.24. The van der Waals surface area contributed by atoms with Crippen LogP contribution in [0, 0.1) is 12.5 Å². The summed E-state index contributed by atoms with van der Waals surface area (Å²) in [5.41, 5.74) is 2.47. The fourth-order valence-corrected chi connectivity index (χ4v) is 4.24. The van der Waals surface area contributed by atoms with E-state index in [0.29, 0.717) is 22.9 Å². The van der Waals surface area contributed by atoms with Crippen LogP contribution in [0.4, 0.5) is 5.69 Å². The van der Waals surface area contributed by atoms with Gasteiger partial charge in [0.15, 0.2) is 11.5 Å². The number of allylic oxidation sites excluding steroid dienone is 1. The van der Waals surface area contributed by atoms with Gasteiger partial charge in [-0.3, -0.25) is 9.59 Å². The van der Waals surface area contributed by atoms with Crippen molar-refractivity contribution in [3.8, 4) is 5.75 Å². The fraction of sp³-hybridized carbons (Fsp3) is 0.222. The molecule has 1 saturated carbocycles. The Kier molecular flexibility index (Phi) is 5.95. The molecule has 0 bridgehead atoms. The second-order valence-corrected chi connectivity index (χ2v) is 7.97. The summed E-state index contributed by atoms with van der Waals surface area (Å²) in [6.45, 7) is 10.6. The van der Waals surface area contributed by atoms with E-state index in [9.17, 15) is 9.59 Å². The van der Waals surface area contributed by atoms with E-state index in [0.717, 1.165) is 36.5 Å². The normalized spacial score (nSPS) is 18.2. The minimum atomic E-state index is -0.202. The van der Waals surface area contributed by atoms with Crippen LogP contribution < -0.4 is 4.74 Å². The molecule has 0 heterocycles. The lowest BCUT2D eigenvalue weighted by Gasteiger charge is -2.27. The Labute approximate surface area is 182 Å². The van der Waals surface area contributed by atoms with Crippen LogP contribution in [0.25, 0.3) is 15.6 Å². The van der Waals surface area contributed by atoms with Crippen molar-refractivity contribution in [2.45, 2.75) is 31.6 Å². The summed E-state index contributed by atoms with van der Waals surface area (Å²) in [4.78, 5) is 27.7. The molecule has 0 aliphatic heterocycles. The summed E-state index contributed by atoms with van der Waals surface area (Å²) in [6, 6.07) is 18.8. The number of benzene rings is 3. The second-order valence-electron chi connectivity index (χ2n) is 7.97. The van der Waals surface area contributed by atoms with E-state index >= 15 is 0 Å². The topological polar surface area (TPSA) is 47.7 Å². The van der Waals surface area contributed by atoms with E-state index < -0.39 is 0 Å². The molecule has 0 amide bonds. The summed E-state index contributed by atoms with van der Waals surface area (Å²) in [6.07, 6.45) is 4.74. The maximum absolute atomic E-state index is 12.6. The first-order valence-electron chi connectivity index (χ1n) is 10.5. The molecular weight excluding hydrogens is 386 g/mol. The number of ether oxygens (including phenoxy) is 1. The number of ketones is 1. The Morgan fingerprint density at radius 3 is 2.29 bits per heavy atom. The predicted molar refractivity (Wildman–Crippen MR) is 122 cm³/mol. The van der Waals surface area contributed by atoms with Gasteiger partial charge >= 0.3 is 5.97 Å². The standard InChI is InChI=1S/C27H23NO3/c1-3-26(29)19-11-14-25(15-12-19)31-27(30)20-6-4-18(5-7-20)21-8-9-23-17-24(28-2)13-10-22(23)16-21/h3,8-18,20H,1,4-7H2. The van der Waals surface area contributed by atoms with Crippen molar-refractivity contribution in [3.63, 3.8) is 0 Å². The molecule has 0 atom stereocenters. The molecule has 1 aliphatic rings. The lowest BCUT2D eigenvalue weighted by atomic mass is 9.78. The zero-order valence-corrected chi connectivity index (χ0v) is 17.2. The summed E-state index contributed by atoms with van der Waals surface area (Å²) in [5, 5.41) is 2.22. The van der Waals surface area contributed by atoms with E-state index in [1.165, 1.54) is 11.6 Å². The Morgan fingerprint density at radius 1 is 0.935 bits per heavy atom. The van der Waals surface area contributed by atoms with Crippen molar-refractivity contribution in [1.82, 2.24) is 0 Å². The van der Waals surface area contributed by atoms with Crippen LogP contribution in [0.5, 0.6) is 5.75 Å². The molecule has 3 aromatic rings. The zero-order valence-electron chi connectivity index (χ0n) is 17.2. The highest BCUT2D eigenvalue weighted by atomic mass is 16.5. The van der Waals surface area contributed by atoms with Crippen LogP contribution in [-0.4, -0.2) is 11.8 Å². The average molecular weight is 409 g/mol. The summed E-state index contributed by atoms with van der Waals surface area (Å²) in [5.74, 6) is 0.426. The number of esters is 1. The number of hydrogen-bond donors (Lipinski definition) is 0. The molecule has 4 heteroatoms. The van der Waals surface area contributed by atoms with Gasteiger partial charge in [-0.1, -0.05) is 36.9 Å². The van der Waals surface area contributed by atoms with Gasteiger partial charge in [0.2, 0.25) is 0 Å². The molecule has 154 valence electrons. The number of rotatable bonds is 5. The van der Waals surface area contributed by atoms with Gasteiger partial charge in [0.05, 0.1) is 12.5 Å². The van der Waals surface area contributed by atoms with Crippen LogP contribution in [0.15, 0.2) is 73.3 Å². The van der Waals surface area contributed by atoms with Crippen LogP contribution in [0.3, 0.4) is 0 Å². The van der Waals surface area contributed by atoms with Crippen molar-refractivity contribution in [2.75, 3.05) is 0 Å². The molecule has 3 aromatic carbocycles. The number of fused-ring (bicyclic) bond motifs is 1. The molecule has 31 heavy (non-hydrogen) atoms. The van der Waals surface area contributed by atoms with Crippen LogP contribution in [0.1, 0.15) is 47.5 Å². The third kappa shape index (κ3) is 4.57. The van der Waals surface area contributed by atoms with Crippen LogP contribution in [-0.2, 0) is 4.79 Å². The third-order valence-electron chi connectivity index (χ3n) is 6.05. The third-order valence-corrected chi connectivity index (χ3v) is 6.05. The lowest BCUT2D eigenvalue weighted by molar-refractivity contribution is -0.140. The molecule has 1 aliphatic carbocycles. The molecule has 0 spiro atoms. The monoisotopic (exact) mass is 409 g/mol. The van der Waals surface area contributed by atoms with Crippen LogP contribution in [0.2, 0.25) is 0 Å². The summed E-state index contributed by atoms with van der Waals surface area (Å²) in [7, 11) is 0. The van der Waals surface area contributed by atoms with Gasteiger partial charge in [0, 0.05) is 5.56 Å². The van der Waals surface area contributed by atoms with Crippen molar-refractivity contribution >= 4 is 28.2 Å². The number of carbonyl (C=O) groups is 2. The van der Waals surface area contributed by atoms with E-state index in [2.05, 4.69) is 29.6 Å². The summed E-state index contributed by atoms with van der Waals surface area (Å²) < 4.78 is 5.54. The van der Waals surface area contributed by atoms with Crippen molar-refractivity contribution in [2.24, 2.45) is 5.92 Å². The molecule has 0 saturated heterocycles. The SMILES string of the molecule is [C-]#[N+]c1ccc2cc(C3CCC(C(=O)Oc4ccc(C(=O)C=C)cc4)CC3)ccc2c1. The number of nitrogens with zero attached hydrogens (tertiary/aromatic N) is 1. The highest BCUT2D eigenvalue weighted by molar-refractivity contribution is 6.04. The Hall–Kier alpha value is -3.71. The Balaban J connectivity index is 1.36. The first-order valence-corrected chi connectivity index (χ1v) is 10.5. The van der Waals surface area contributed by atoms with Crippen molar-refractivity contribution in [1.29, 1.82) is 0 Å². The first kappa shape index (κ1) is 20.6. The van der Waals surface area contributed by atoms with Gasteiger partial charge < -0.3 is 4.74 Å². The van der Waals surface area contributed by atoms with E-state index in [-0.39, 0.29) is 17.7 Å². The molecule has 0 N–H and O–H groups in total. The zero-order chi connectivity index (χ0) is 21.8. The minimum Gasteiger partial charge on any atom is -0.426 e. The van der Waals surface area contributed by atoms with E-state index in [1.807, 2.05) is 18.2 Å². The largest absolute Gasteiger partial charge is 0.426 e. The number of hydrogen-bond acceptors (Lipinski definition) is 3. The first-order chi connectivity index (χ1) is 15.1. The molecule has 0 radical (unpaired) electrons. The van der Waals surface area contributed by atoms with Gasteiger partial charge in [-0.05, 0) is 84.3 Å². The Morgan fingerprint density at radius 2 is 1.61 bits per heavy atom. The van der Waals surface area contributed by atoms with E-state index in [4.69, 9.17) is 11.3 Å². The average Bonchev–Trinajstić information content (AvgIpc) is 2.83. The molecular formula is C27H23NO3. The predicted octanol–water partition coefficient (Wildman–Crippen LogP) is 6.64. The molecule has 4 nitrogen and oxygen atoms in total. The van der Waals surface area contributed by atoms with Crippen LogP contribution >= 0.6 is 0 Å². The highest BCUT2D eigenvalue weighted by Crippen LogP contribution is 2.37. The van der Waals surface area contributed by atoms with Gasteiger partial charge in [-0.15, -0.1) is 0 Å². The van der Waals surface area contributed by atoms with Crippen molar-refractivity contribution in [3.05, 3.63) is 95.9 Å². The number of carbonyl (C=O) groups excluding carboxylic acids is 2. The van der Waals surface area contributed by atoms with Gasteiger partial charge in [0.1, 0.15) is 5.75 Å².